The van der Waals surface area contributed by atoms with Crippen LogP contribution in [0.5, 0.6) is 17.2 Å². The molecule has 3 aromatic rings. The molecule has 0 aliphatic carbocycles. The zero-order chi connectivity index (χ0) is 29.3. The van der Waals surface area contributed by atoms with Crippen molar-refractivity contribution in [2.75, 3.05) is 13.7 Å². The van der Waals surface area contributed by atoms with Gasteiger partial charge in [0.05, 0.1) is 23.7 Å². The zero-order valence-corrected chi connectivity index (χ0v) is 24.8. The van der Waals surface area contributed by atoms with E-state index in [1.807, 2.05) is 42.5 Å². The molecule has 5 rings (SSSR count). The molecule has 2 aliphatic rings. The molecule has 1 amide bonds. The van der Waals surface area contributed by atoms with Crippen molar-refractivity contribution in [1.29, 1.82) is 0 Å². The van der Waals surface area contributed by atoms with E-state index in [2.05, 4.69) is 0 Å². The zero-order valence-electron chi connectivity index (χ0n) is 23.2. The third-order valence-electron chi connectivity index (χ3n) is 6.80. The van der Waals surface area contributed by atoms with E-state index in [4.69, 9.17) is 46.9 Å². The third-order valence-corrected chi connectivity index (χ3v) is 7.54. The second-order valence-electron chi connectivity index (χ2n) is 10.9. The van der Waals surface area contributed by atoms with Crippen molar-refractivity contribution in [2.24, 2.45) is 0 Å². The predicted molar refractivity (Wildman–Crippen MR) is 154 cm³/mol. The Hall–Kier alpha value is -3.62. The van der Waals surface area contributed by atoms with Crippen LogP contribution in [0.4, 0.5) is 4.79 Å². The van der Waals surface area contributed by atoms with Gasteiger partial charge in [-0.25, -0.2) is 9.59 Å². The van der Waals surface area contributed by atoms with E-state index >= 15 is 0 Å². The highest BCUT2D eigenvalue weighted by Crippen LogP contribution is 2.41. The quantitative estimate of drug-likeness (QED) is 0.294. The van der Waals surface area contributed by atoms with Crippen LogP contribution in [0, 0.1) is 0 Å². The molecule has 10 heteroatoms. The molecule has 216 valence electrons. The van der Waals surface area contributed by atoms with Crippen molar-refractivity contribution in [3.8, 4) is 17.2 Å². The van der Waals surface area contributed by atoms with E-state index in [9.17, 15) is 9.59 Å². The maximum atomic E-state index is 13.0. The molecule has 3 aromatic carbocycles. The maximum absolute atomic E-state index is 13.0. The summed E-state index contributed by atoms with van der Waals surface area (Å²) in [6.45, 7) is 6.20. The predicted octanol–water partition coefficient (Wildman–Crippen LogP) is 6.92. The van der Waals surface area contributed by atoms with Crippen LogP contribution in [0.15, 0.2) is 54.6 Å². The summed E-state index contributed by atoms with van der Waals surface area (Å²) < 4.78 is 28.8. The lowest BCUT2D eigenvalue weighted by molar-refractivity contribution is -0.147. The number of halogens is 2. The normalized spacial score (nSPS) is 17.9. The minimum Gasteiger partial charge on any atom is -0.489 e. The van der Waals surface area contributed by atoms with E-state index in [1.165, 1.54) is 12.0 Å². The average Bonchev–Trinajstić information content (AvgIpc) is 2.94. The third kappa shape index (κ3) is 6.66. The van der Waals surface area contributed by atoms with Crippen LogP contribution in [0.3, 0.4) is 0 Å². The lowest BCUT2D eigenvalue weighted by atomic mass is 9.93. The van der Waals surface area contributed by atoms with E-state index in [1.54, 1.807) is 32.9 Å². The van der Waals surface area contributed by atoms with Crippen molar-refractivity contribution in [3.05, 3.63) is 86.9 Å². The second kappa shape index (κ2) is 11.7. The molecular formula is C31H31Cl2NO7. The monoisotopic (exact) mass is 599 g/mol. The number of amides is 1. The molecule has 2 aliphatic heterocycles. The molecule has 0 unspecified atom stereocenters. The van der Waals surface area contributed by atoms with Gasteiger partial charge in [-0.2, -0.15) is 0 Å². The van der Waals surface area contributed by atoms with Crippen molar-refractivity contribution in [3.63, 3.8) is 0 Å². The molecule has 8 nitrogen and oxygen atoms in total. The number of fused-ring (bicyclic) bond motifs is 2. The molecule has 0 saturated heterocycles. The summed E-state index contributed by atoms with van der Waals surface area (Å²) in [7, 11) is 1.31. The topological polar surface area (TPSA) is 83.5 Å². The molecule has 2 atom stereocenters. The largest absolute Gasteiger partial charge is 0.489 e. The van der Waals surface area contributed by atoms with Gasteiger partial charge in [-0.05, 0) is 79.4 Å². The first-order valence-corrected chi connectivity index (χ1v) is 14.0. The second-order valence-corrected chi connectivity index (χ2v) is 11.8. The Labute approximate surface area is 249 Å². The Morgan fingerprint density at radius 1 is 0.976 bits per heavy atom. The first-order valence-electron chi connectivity index (χ1n) is 13.2. The van der Waals surface area contributed by atoms with E-state index < -0.39 is 23.7 Å². The summed E-state index contributed by atoms with van der Waals surface area (Å²) in [6.07, 6.45) is -0.629. The van der Waals surface area contributed by atoms with Crippen LogP contribution in [-0.4, -0.2) is 42.3 Å². The van der Waals surface area contributed by atoms with Gasteiger partial charge in [0.1, 0.15) is 30.6 Å². The number of benzene rings is 3. The van der Waals surface area contributed by atoms with Crippen molar-refractivity contribution in [2.45, 2.75) is 58.1 Å². The highest BCUT2D eigenvalue weighted by atomic mass is 35.5. The summed E-state index contributed by atoms with van der Waals surface area (Å²) in [5.74, 6) is 1.37. The first-order chi connectivity index (χ1) is 19.5. The summed E-state index contributed by atoms with van der Waals surface area (Å²) in [5, 5.41) is 0.988. The van der Waals surface area contributed by atoms with Crippen LogP contribution in [0.2, 0.25) is 10.0 Å². The Kier molecular flexibility index (Phi) is 8.25. The van der Waals surface area contributed by atoms with Crippen molar-refractivity contribution < 1.29 is 33.3 Å². The summed E-state index contributed by atoms with van der Waals surface area (Å²) >= 11 is 12.1. The van der Waals surface area contributed by atoms with Gasteiger partial charge in [-0.1, -0.05) is 41.4 Å². The number of esters is 1. The summed E-state index contributed by atoms with van der Waals surface area (Å²) in [4.78, 5) is 27.0. The average molecular weight is 600 g/mol. The number of ether oxygens (including phenoxy) is 5. The Bertz CT molecular complexity index is 1450. The van der Waals surface area contributed by atoms with Gasteiger partial charge < -0.3 is 23.7 Å². The van der Waals surface area contributed by atoms with Crippen LogP contribution in [0.25, 0.3) is 0 Å². The molecule has 0 radical (unpaired) electrons. The summed E-state index contributed by atoms with van der Waals surface area (Å²) in [6, 6.07) is 16.0. The number of nitrogens with zero attached hydrogens (tertiary/aromatic N) is 1. The van der Waals surface area contributed by atoms with Crippen LogP contribution in [0.1, 0.15) is 49.1 Å². The van der Waals surface area contributed by atoms with E-state index in [0.717, 1.165) is 22.3 Å². The molecule has 0 saturated carbocycles. The molecule has 0 spiro atoms. The fourth-order valence-electron chi connectivity index (χ4n) is 4.75. The van der Waals surface area contributed by atoms with Gasteiger partial charge in [0, 0.05) is 6.42 Å². The van der Waals surface area contributed by atoms with Gasteiger partial charge >= 0.3 is 12.1 Å². The van der Waals surface area contributed by atoms with Gasteiger partial charge in [0.2, 0.25) is 0 Å². The van der Waals surface area contributed by atoms with E-state index in [0.29, 0.717) is 40.5 Å². The number of carbonyl (C=O) groups excluding carboxylic acids is 2. The summed E-state index contributed by atoms with van der Waals surface area (Å²) in [5.41, 5.74) is 2.88. The van der Waals surface area contributed by atoms with Gasteiger partial charge in [0.25, 0.3) is 0 Å². The minimum atomic E-state index is -0.796. The lowest BCUT2D eigenvalue weighted by Crippen LogP contribution is -2.50. The smallest absolute Gasteiger partial charge is 0.411 e. The lowest BCUT2D eigenvalue weighted by Gasteiger charge is -2.37. The van der Waals surface area contributed by atoms with Crippen LogP contribution in [-0.2, 0) is 33.8 Å². The number of hydrogen-bond donors (Lipinski definition) is 0. The number of methoxy groups -OCH3 is 1. The molecule has 0 bridgehead atoms. The van der Waals surface area contributed by atoms with Crippen molar-refractivity contribution in [1.82, 2.24) is 4.90 Å². The Morgan fingerprint density at radius 3 is 2.39 bits per heavy atom. The van der Waals surface area contributed by atoms with Gasteiger partial charge in [0.15, 0.2) is 17.6 Å². The standard InChI is InChI=1S/C31H31Cl2NO7/c1-31(2,3)41-30(36)34-15-21-14-27-26(13-20(21)12-25(34)29(35)37-4)39-17-28(40-27)19-6-8-22(9-7-19)38-16-18-5-10-23(32)24(33)11-18/h5-11,13-14,25,28H,12,15-17H2,1-4H3/t25-,28+/m0/s1. The van der Waals surface area contributed by atoms with Gasteiger partial charge in [-0.15, -0.1) is 0 Å². The molecule has 0 N–H and O–H groups in total. The van der Waals surface area contributed by atoms with Crippen LogP contribution >= 0.6 is 23.2 Å². The Morgan fingerprint density at radius 2 is 1.71 bits per heavy atom. The molecule has 2 heterocycles. The minimum absolute atomic E-state index is 0.177. The fraction of sp³-hybridized carbons (Fsp3) is 0.355. The Balaban J connectivity index is 1.29. The van der Waals surface area contributed by atoms with Crippen molar-refractivity contribution >= 4 is 35.3 Å². The highest BCUT2D eigenvalue weighted by Gasteiger charge is 2.39. The molecule has 41 heavy (non-hydrogen) atoms. The number of rotatable bonds is 5. The SMILES string of the molecule is COC(=O)[C@@H]1Cc2cc3c(cc2CN1C(=O)OC(C)(C)C)O[C@@H](c1ccc(OCc2ccc(Cl)c(Cl)c2)cc1)CO3. The molecule has 0 aromatic heterocycles. The van der Waals surface area contributed by atoms with Crippen LogP contribution < -0.4 is 14.2 Å². The highest BCUT2D eigenvalue weighted by molar-refractivity contribution is 6.42. The van der Waals surface area contributed by atoms with E-state index in [-0.39, 0.29) is 19.1 Å². The van der Waals surface area contributed by atoms with Gasteiger partial charge in [-0.3, -0.25) is 4.90 Å². The first kappa shape index (κ1) is 28.9. The molecule has 0 fully saturated rings. The fourth-order valence-corrected chi connectivity index (χ4v) is 5.07. The maximum Gasteiger partial charge on any atom is 0.411 e. The molecular weight excluding hydrogens is 569 g/mol. The number of hydrogen-bond acceptors (Lipinski definition) is 7. The number of carbonyl (C=O) groups is 2.